The molecule has 20 heavy (non-hydrogen) atoms. The molecule has 0 fully saturated rings. The third kappa shape index (κ3) is 3.02. The molecule has 0 atom stereocenters. The Kier molecular flexibility index (Phi) is 4.77. The van der Waals surface area contributed by atoms with Crippen molar-refractivity contribution >= 4 is 44.1 Å². The largest absolute Gasteiger partial charge is 0.462 e. The fourth-order valence-electron chi connectivity index (χ4n) is 1.76. The van der Waals surface area contributed by atoms with Crippen LogP contribution in [0.2, 0.25) is 0 Å². The van der Waals surface area contributed by atoms with Crippen LogP contribution in [0.25, 0.3) is 0 Å². The van der Waals surface area contributed by atoms with Crippen molar-refractivity contribution in [1.82, 2.24) is 4.37 Å². The summed E-state index contributed by atoms with van der Waals surface area (Å²) >= 11 is 4.80. The quantitative estimate of drug-likeness (QED) is 0.824. The molecule has 2 aromatic rings. The summed E-state index contributed by atoms with van der Waals surface area (Å²) in [6.45, 7) is 5.96. The van der Waals surface area contributed by atoms with Gasteiger partial charge in [0, 0.05) is 4.47 Å². The molecule has 0 saturated carbocycles. The average molecular weight is 355 g/mol. The lowest BCUT2D eigenvalue weighted by atomic mass is 10.2. The Balaban J connectivity index is 2.35. The Hall–Kier alpha value is -1.40. The van der Waals surface area contributed by atoms with E-state index in [2.05, 4.69) is 25.6 Å². The summed E-state index contributed by atoms with van der Waals surface area (Å²) < 4.78 is 10.3. The molecule has 0 aliphatic heterocycles. The topological polar surface area (TPSA) is 51.2 Å². The second kappa shape index (κ2) is 6.37. The van der Waals surface area contributed by atoms with Crippen LogP contribution in [0.4, 0.5) is 10.7 Å². The van der Waals surface area contributed by atoms with E-state index in [1.807, 2.05) is 25.1 Å². The highest BCUT2D eigenvalue weighted by Gasteiger charge is 2.20. The van der Waals surface area contributed by atoms with E-state index in [1.54, 1.807) is 13.8 Å². The number of hydrogen-bond acceptors (Lipinski definition) is 5. The highest BCUT2D eigenvalue weighted by Crippen LogP contribution is 2.33. The molecule has 1 heterocycles. The fourth-order valence-corrected chi connectivity index (χ4v) is 2.93. The summed E-state index contributed by atoms with van der Waals surface area (Å²) in [4.78, 5) is 12.0. The number of aryl methyl sites for hydroxylation is 2. The number of nitrogens with zero attached hydrogens (tertiary/aromatic N) is 1. The molecule has 2 rings (SSSR count). The molecule has 1 aromatic heterocycles. The van der Waals surface area contributed by atoms with Gasteiger partial charge in [-0.1, -0.05) is 12.1 Å². The summed E-state index contributed by atoms with van der Waals surface area (Å²) in [6, 6.07) is 5.92. The number of nitrogens with one attached hydrogen (secondary N) is 1. The predicted octanol–water partition coefficient (Wildman–Crippen LogP) is 4.44. The molecule has 0 bridgehead atoms. The van der Waals surface area contributed by atoms with E-state index in [-0.39, 0.29) is 5.97 Å². The van der Waals surface area contributed by atoms with Crippen molar-refractivity contribution in [3.05, 3.63) is 39.5 Å². The third-order valence-corrected chi connectivity index (χ3v) is 4.69. The summed E-state index contributed by atoms with van der Waals surface area (Å²) in [5.41, 5.74) is 3.21. The van der Waals surface area contributed by atoms with Gasteiger partial charge in [-0.25, -0.2) is 4.79 Å². The maximum Gasteiger partial charge on any atom is 0.343 e. The van der Waals surface area contributed by atoms with E-state index in [1.165, 1.54) is 11.5 Å². The SMILES string of the molecule is CCOC(=O)c1c(C)nsc1Nc1cccc(C)c1Br. The normalized spacial score (nSPS) is 10.4. The average Bonchev–Trinajstić information content (AvgIpc) is 2.76. The lowest BCUT2D eigenvalue weighted by molar-refractivity contribution is 0.0527. The number of esters is 1. The molecule has 0 aliphatic carbocycles. The Bertz CT molecular complexity index is 640. The lowest BCUT2D eigenvalue weighted by Gasteiger charge is -2.10. The number of hydrogen-bond donors (Lipinski definition) is 1. The van der Waals surface area contributed by atoms with Crippen LogP contribution in [-0.4, -0.2) is 16.9 Å². The number of carbonyl (C=O) groups excluding carboxylic acids is 1. The fraction of sp³-hybridized carbons (Fsp3) is 0.286. The Labute approximate surface area is 130 Å². The van der Waals surface area contributed by atoms with Gasteiger partial charge in [0.05, 0.1) is 18.0 Å². The molecule has 4 nitrogen and oxygen atoms in total. The molecule has 0 unspecified atom stereocenters. The minimum atomic E-state index is -0.343. The van der Waals surface area contributed by atoms with Gasteiger partial charge in [0.2, 0.25) is 0 Å². The molecule has 1 aromatic carbocycles. The smallest absolute Gasteiger partial charge is 0.343 e. The van der Waals surface area contributed by atoms with Gasteiger partial charge < -0.3 is 10.1 Å². The van der Waals surface area contributed by atoms with E-state index in [0.717, 1.165) is 15.7 Å². The van der Waals surface area contributed by atoms with E-state index in [0.29, 0.717) is 22.9 Å². The van der Waals surface area contributed by atoms with Gasteiger partial charge in [0.15, 0.2) is 0 Å². The zero-order chi connectivity index (χ0) is 14.7. The number of benzene rings is 1. The summed E-state index contributed by atoms with van der Waals surface area (Å²) in [7, 11) is 0. The Morgan fingerprint density at radius 3 is 2.90 bits per heavy atom. The van der Waals surface area contributed by atoms with Crippen LogP contribution in [0.5, 0.6) is 0 Å². The number of aromatic nitrogens is 1. The van der Waals surface area contributed by atoms with Gasteiger partial charge in [0.25, 0.3) is 0 Å². The number of rotatable bonds is 4. The Morgan fingerprint density at radius 2 is 2.20 bits per heavy atom. The van der Waals surface area contributed by atoms with Crippen molar-refractivity contribution in [3.8, 4) is 0 Å². The maximum absolute atomic E-state index is 12.0. The van der Waals surface area contributed by atoms with Crippen LogP contribution in [-0.2, 0) is 4.74 Å². The summed E-state index contributed by atoms with van der Waals surface area (Å²) in [5.74, 6) is -0.343. The van der Waals surface area contributed by atoms with Crippen LogP contribution < -0.4 is 5.32 Å². The van der Waals surface area contributed by atoms with Crippen molar-refractivity contribution in [2.45, 2.75) is 20.8 Å². The van der Waals surface area contributed by atoms with Crippen molar-refractivity contribution in [2.24, 2.45) is 0 Å². The maximum atomic E-state index is 12.0. The predicted molar refractivity (Wildman–Crippen MR) is 85.0 cm³/mol. The number of carbonyl (C=O) groups is 1. The monoisotopic (exact) mass is 354 g/mol. The Morgan fingerprint density at radius 1 is 1.45 bits per heavy atom. The number of halogens is 1. The minimum Gasteiger partial charge on any atom is -0.462 e. The number of anilines is 2. The van der Waals surface area contributed by atoms with Gasteiger partial charge >= 0.3 is 5.97 Å². The first-order valence-electron chi connectivity index (χ1n) is 6.20. The highest BCUT2D eigenvalue weighted by atomic mass is 79.9. The first-order chi connectivity index (χ1) is 9.54. The zero-order valence-corrected chi connectivity index (χ0v) is 13.9. The van der Waals surface area contributed by atoms with E-state index in [9.17, 15) is 4.79 Å². The second-order valence-electron chi connectivity index (χ2n) is 4.25. The molecule has 0 radical (unpaired) electrons. The van der Waals surface area contributed by atoms with Crippen molar-refractivity contribution in [1.29, 1.82) is 0 Å². The van der Waals surface area contributed by atoms with Gasteiger partial charge in [-0.3, -0.25) is 0 Å². The van der Waals surface area contributed by atoms with Gasteiger partial charge in [-0.05, 0) is 59.9 Å². The highest BCUT2D eigenvalue weighted by molar-refractivity contribution is 9.10. The first-order valence-corrected chi connectivity index (χ1v) is 7.76. The molecule has 0 aliphatic rings. The van der Waals surface area contributed by atoms with Crippen LogP contribution in [0.1, 0.15) is 28.5 Å². The molecule has 0 saturated heterocycles. The van der Waals surface area contributed by atoms with Crippen molar-refractivity contribution in [3.63, 3.8) is 0 Å². The van der Waals surface area contributed by atoms with Crippen LogP contribution in [0.3, 0.4) is 0 Å². The van der Waals surface area contributed by atoms with Crippen LogP contribution >= 0.6 is 27.5 Å². The molecule has 0 amide bonds. The molecule has 6 heteroatoms. The standard InChI is InChI=1S/C14H15BrN2O2S/c1-4-19-14(18)11-9(3)17-20-13(11)16-10-7-5-6-8(2)12(10)15/h5-7,16H,4H2,1-3H3. The third-order valence-electron chi connectivity index (χ3n) is 2.78. The molecule has 106 valence electrons. The van der Waals surface area contributed by atoms with E-state index in [4.69, 9.17) is 4.74 Å². The van der Waals surface area contributed by atoms with Crippen LogP contribution in [0, 0.1) is 13.8 Å². The van der Waals surface area contributed by atoms with Gasteiger partial charge in [-0.15, -0.1) is 0 Å². The lowest BCUT2D eigenvalue weighted by Crippen LogP contribution is -2.07. The molecule has 1 N–H and O–H groups in total. The molecule has 0 spiro atoms. The second-order valence-corrected chi connectivity index (χ2v) is 5.82. The van der Waals surface area contributed by atoms with E-state index < -0.39 is 0 Å². The minimum absolute atomic E-state index is 0.343. The van der Waals surface area contributed by atoms with Gasteiger partial charge in [-0.2, -0.15) is 4.37 Å². The number of ether oxygens (including phenoxy) is 1. The summed E-state index contributed by atoms with van der Waals surface area (Å²) in [6.07, 6.45) is 0. The molecular formula is C14H15BrN2O2S. The zero-order valence-electron chi connectivity index (χ0n) is 11.5. The van der Waals surface area contributed by atoms with Crippen molar-refractivity contribution in [2.75, 3.05) is 11.9 Å². The molecular weight excluding hydrogens is 340 g/mol. The van der Waals surface area contributed by atoms with Gasteiger partial charge in [0.1, 0.15) is 10.6 Å². The first kappa shape index (κ1) is 15.0. The van der Waals surface area contributed by atoms with Crippen molar-refractivity contribution < 1.29 is 9.53 Å². The van der Waals surface area contributed by atoms with E-state index >= 15 is 0 Å². The van der Waals surface area contributed by atoms with Crippen LogP contribution in [0.15, 0.2) is 22.7 Å². The summed E-state index contributed by atoms with van der Waals surface area (Å²) in [5, 5.41) is 3.95.